The van der Waals surface area contributed by atoms with Crippen molar-refractivity contribution >= 4 is 16.7 Å². The number of hydrogen-bond acceptors (Lipinski definition) is 2. The van der Waals surface area contributed by atoms with Crippen molar-refractivity contribution in [3.63, 3.8) is 0 Å². The molecule has 0 amide bonds. The van der Waals surface area contributed by atoms with Crippen LogP contribution in [0.3, 0.4) is 0 Å². The highest BCUT2D eigenvalue weighted by atomic mass is 19.1. The zero-order chi connectivity index (χ0) is 14.1. The van der Waals surface area contributed by atoms with E-state index in [0.717, 1.165) is 18.5 Å². The summed E-state index contributed by atoms with van der Waals surface area (Å²) in [4.78, 5) is 15.4. The maximum atomic E-state index is 13.7. The highest BCUT2D eigenvalue weighted by Crippen LogP contribution is 2.25. The van der Waals surface area contributed by atoms with E-state index in [9.17, 15) is 9.18 Å². The molecule has 1 aliphatic rings. The summed E-state index contributed by atoms with van der Waals surface area (Å²) in [5.41, 5.74) is 1.78. The number of halogens is 1. The van der Waals surface area contributed by atoms with Crippen molar-refractivity contribution in [1.29, 1.82) is 0 Å². The Hall–Kier alpha value is -1.68. The van der Waals surface area contributed by atoms with Crippen molar-refractivity contribution in [3.05, 3.63) is 35.3 Å². The molecule has 3 rings (SSSR count). The van der Waals surface area contributed by atoms with Gasteiger partial charge in [-0.25, -0.2) is 4.39 Å². The molecule has 3 nitrogen and oxygen atoms in total. The molecule has 1 fully saturated rings. The van der Waals surface area contributed by atoms with Crippen LogP contribution in [0.1, 0.15) is 41.7 Å². The minimum atomic E-state index is -0.312. The van der Waals surface area contributed by atoms with Crippen LogP contribution in [0.2, 0.25) is 0 Å². The third kappa shape index (κ3) is 2.36. The number of para-hydroxylation sites is 1. The van der Waals surface area contributed by atoms with E-state index in [0.29, 0.717) is 29.1 Å². The summed E-state index contributed by atoms with van der Waals surface area (Å²) in [6.07, 6.45) is 4.77. The van der Waals surface area contributed by atoms with Crippen LogP contribution in [0.15, 0.2) is 18.2 Å². The monoisotopic (exact) mass is 274 g/mol. The fraction of sp³-hybridized carbons (Fsp3) is 0.438. The second-order valence-electron chi connectivity index (χ2n) is 5.57. The summed E-state index contributed by atoms with van der Waals surface area (Å²) in [5, 5.41) is 4.00. The van der Waals surface area contributed by atoms with Crippen molar-refractivity contribution in [2.75, 3.05) is 6.54 Å². The lowest BCUT2D eigenvalue weighted by Crippen LogP contribution is -2.31. The minimum Gasteiger partial charge on any atom is -0.356 e. The first-order valence-corrected chi connectivity index (χ1v) is 7.20. The molecule has 1 heterocycles. The standard InChI is InChI=1S/C16H19FN2O/c1-10-15(12-7-4-8-13(17)16(12)19-10)14(20)9-18-11-5-2-3-6-11/h4,7-8,11,18-19H,2-3,5-6,9H2,1H3. The fourth-order valence-electron chi connectivity index (χ4n) is 3.13. The number of rotatable bonds is 4. The molecular formula is C16H19FN2O. The number of H-pyrrole nitrogens is 1. The molecule has 0 saturated heterocycles. The lowest BCUT2D eigenvalue weighted by Gasteiger charge is -2.10. The third-order valence-corrected chi connectivity index (χ3v) is 4.16. The molecule has 1 aliphatic carbocycles. The van der Waals surface area contributed by atoms with E-state index in [1.807, 2.05) is 6.92 Å². The Morgan fingerprint density at radius 1 is 1.40 bits per heavy atom. The number of benzene rings is 1. The van der Waals surface area contributed by atoms with Crippen LogP contribution >= 0.6 is 0 Å². The molecule has 1 aromatic carbocycles. The van der Waals surface area contributed by atoms with Gasteiger partial charge in [-0.1, -0.05) is 25.0 Å². The van der Waals surface area contributed by atoms with E-state index in [4.69, 9.17) is 0 Å². The largest absolute Gasteiger partial charge is 0.356 e. The van der Waals surface area contributed by atoms with Crippen molar-refractivity contribution in [2.24, 2.45) is 0 Å². The molecule has 0 spiro atoms. The minimum absolute atomic E-state index is 0.0336. The van der Waals surface area contributed by atoms with Gasteiger partial charge in [0.25, 0.3) is 0 Å². The van der Waals surface area contributed by atoms with Crippen molar-refractivity contribution in [3.8, 4) is 0 Å². The molecular weight excluding hydrogens is 255 g/mol. The molecule has 0 bridgehead atoms. The number of carbonyl (C=O) groups is 1. The summed E-state index contributed by atoms with van der Waals surface area (Å²) in [5.74, 6) is -0.278. The quantitative estimate of drug-likeness (QED) is 0.840. The summed E-state index contributed by atoms with van der Waals surface area (Å²) < 4.78 is 13.7. The number of Topliss-reactive ketones (excluding diaryl/α,β-unsaturated/α-hetero) is 1. The van der Waals surface area contributed by atoms with E-state index in [2.05, 4.69) is 10.3 Å². The first-order valence-electron chi connectivity index (χ1n) is 7.20. The number of ketones is 1. The van der Waals surface area contributed by atoms with Gasteiger partial charge >= 0.3 is 0 Å². The average Bonchev–Trinajstić information content (AvgIpc) is 3.04. The Balaban J connectivity index is 1.83. The average molecular weight is 274 g/mol. The van der Waals surface area contributed by atoms with Crippen LogP contribution in [-0.2, 0) is 0 Å². The van der Waals surface area contributed by atoms with Crippen molar-refractivity contribution < 1.29 is 9.18 Å². The SMILES string of the molecule is Cc1[nH]c2c(F)cccc2c1C(=O)CNC1CCCC1. The zero-order valence-corrected chi connectivity index (χ0v) is 11.6. The van der Waals surface area contributed by atoms with Gasteiger partial charge in [-0.05, 0) is 25.8 Å². The van der Waals surface area contributed by atoms with Gasteiger partial charge in [0.15, 0.2) is 5.78 Å². The smallest absolute Gasteiger partial charge is 0.179 e. The molecule has 2 aromatic rings. The Morgan fingerprint density at radius 2 is 2.15 bits per heavy atom. The number of aromatic nitrogens is 1. The van der Waals surface area contributed by atoms with Gasteiger partial charge in [0.1, 0.15) is 5.82 Å². The molecule has 20 heavy (non-hydrogen) atoms. The molecule has 0 atom stereocenters. The highest BCUT2D eigenvalue weighted by molar-refractivity contribution is 6.10. The lowest BCUT2D eigenvalue weighted by atomic mass is 10.1. The first kappa shape index (κ1) is 13.3. The number of hydrogen-bond donors (Lipinski definition) is 2. The van der Waals surface area contributed by atoms with Gasteiger partial charge in [0.05, 0.1) is 12.1 Å². The summed E-state index contributed by atoms with van der Waals surface area (Å²) in [7, 11) is 0. The van der Waals surface area contributed by atoms with E-state index in [-0.39, 0.29) is 11.6 Å². The fourth-order valence-corrected chi connectivity index (χ4v) is 3.13. The van der Waals surface area contributed by atoms with E-state index in [1.54, 1.807) is 12.1 Å². The number of aromatic amines is 1. The molecule has 1 aromatic heterocycles. The lowest BCUT2D eigenvalue weighted by molar-refractivity contribution is 0.0988. The summed E-state index contributed by atoms with van der Waals surface area (Å²) >= 11 is 0. The molecule has 106 valence electrons. The Labute approximate surface area is 117 Å². The molecule has 2 N–H and O–H groups in total. The third-order valence-electron chi connectivity index (χ3n) is 4.16. The van der Waals surface area contributed by atoms with Crippen LogP contribution in [0.5, 0.6) is 0 Å². The van der Waals surface area contributed by atoms with Crippen molar-refractivity contribution in [2.45, 2.75) is 38.6 Å². The molecule has 0 radical (unpaired) electrons. The number of aryl methyl sites for hydroxylation is 1. The van der Waals surface area contributed by atoms with E-state index < -0.39 is 0 Å². The van der Waals surface area contributed by atoms with E-state index in [1.165, 1.54) is 18.9 Å². The van der Waals surface area contributed by atoms with Crippen LogP contribution in [0.25, 0.3) is 10.9 Å². The second kappa shape index (κ2) is 5.37. The van der Waals surface area contributed by atoms with Crippen LogP contribution in [-0.4, -0.2) is 23.4 Å². The molecule has 0 unspecified atom stereocenters. The predicted octanol–water partition coefficient (Wildman–Crippen LogP) is 3.33. The van der Waals surface area contributed by atoms with Crippen LogP contribution < -0.4 is 5.32 Å². The van der Waals surface area contributed by atoms with Gasteiger partial charge in [0, 0.05) is 22.7 Å². The zero-order valence-electron chi connectivity index (χ0n) is 11.6. The molecule has 1 saturated carbocycles. The molecule has 0 aliphatic heterocycles. The maximum absolute atomic E-state index is 13.7. The normalized spacial score (nSPS) is 16.1. The van der Waals surface area contributed by atoms with Gasteiger partial charge in [-0.3, -0.25) is 4.79 Å². The van der Waals surface area contributed by atoms with Gasteiger partial charge in [-0.15, -0.1) is 0 Å². The van der Waals surface area contributed by atoms with Gasteiger partial charge in [0.2, 0.25) is 0 Å². The summed E-state index contributed by atoms with van der Waals surface area (Å²) in [6, 6.07) is 5.31. The predicted molar refractivity (Wildman–Crippen MR) is 77.6 cm³/mol. The Bertz CT molecular complexity index is 641. The van der Waals surface area contributed by atoms with Crippen LogP contribution in [0.4, 0.5) is 4.39 Å². The maximum Gasteiger partial charge on any atom is 0.179 e. The summed E-state index contributed by atoms with van der Waals surface area (Å²) in [6.45, 7) is 2.15. The van der Waals surface area contributed by atoms with Gasteiger partial charge in [-0.2, -0.15) is 0 Å². The van der Waals surface area contributed by atoms with E-state index >= 15 is 0 Å². The second-order valence-corrected chi connectivity index (χ2v) is 5.57. The number of carbonyl (C=O) groups excluding carboxylic acids is 1. The Morgan fingerprint density at radius 3 is 2.90 bits per heavy atom. The topological polar surface area (TPSA) is 44.9 Å². The number of fused-ring (bicyclic) bond motifs is 1. The first-order chi connectivity index (χ1) is 9.66. The van der Waals surface area contributed by atoms with Crippen molar-refractivity contribution in [1.82, 2.24) is 10.3 Å². The molecule has 4 heteroatoms. The van der Waals surface area contributed by atoms with Crippen LogP contribution in [0, 0.1) is 12.7 Å². The number of nitrogens with one attached hydrogen (secondary N) is 2. The Kier molecular flexibility index (Phi) is 3.57. The highest BCUT2D eigenvalue weighted by Gasteiger charge is 2.20. The van der Waals surface area contributed by atoms with Gasteiger partial charge < -0.3 is 10.3 Å².